The van der Waals surface area contributed by atoms with Crippen molar-refractivity contribution in [3.05, 3.63) is 46.4 Å². The predicted octanol–water partition coefficient (Wildman–Crippen LogP) is 1.66. The van der Waals surface area contributed by atoms with Gasteiger partial charge in [0, 0.05) is 18.6 Å². The Morgan fingerprint density at radius 2 is 2.20 bits per heavy atom. The van der Waals surface area contributed by atoms with Crippen LogP contribution in [0.2, 0.25) is 0 Å². The zero-order valence-corrected chi connectivity index (χ0v) is 12.2. The van der Waals surface area contributed by atoms with E-state index in [0.717, 1.165) is 21.7 Å². The van der Waals surface area contributed by atoms with Crippen molar-refractivity contribution >= 4 is 27.3 Å². The molecule has 0 aromatic carbocycles. The van der Waals surface area contributed by atoms with Gasteiger partial charge in [-0.05, 0) is 18.2 Å². The fourth-order valence-corrected chi connectivity index (χ4v) is 3.79. The minimum atomic E-state index is -3.71. The largest absolute Gasteiger partial charge is 0.477 e. The molecule has 2 rings (SSSR count). The van der Waals surface area contributed by atoms with Crippen molar-refractivity contribution in [2.75, 3.05) is 7.05 Å². The number of aromatic nitrogens is 1. The van der Waals surface area contributed by atoms with Gasteiger partial charge < -0.3 is 5.11 Å². The average molecular weight is 312 g/mol. The molecular formula is C12H12N2O4S2. The van der Waals surface area contributed by atoms with Crippen LogP contribution in [-0.2, 0) is 16.6 Å². The van der Waals surface area contributed by atoms with Crippen molar-refractivity contribution in [3.63, 3.8) is 0 Å². The van der Waals surface area contributed by atoms with Crippen LogP contribution in [0.4, 0.5) is 0 Å². The fourth-order valence-electron chi connectivity index (χ4n) is 1.55. The van der Waals surface area contributed by atoms with Crippen molar-refractivity contribution in [1.29, 1.82) is 0 Å². The number of sulfonamides is 1. The van der Waals surface area contributed by atoms with E-state index in [2.05, 4.69) is 4.98 Å². The van der Waals surface area contributed by atoms with Crippen LogP contribution in [0.15, 0.2) is 40.7 Å². The quantitative estimate of drug-likeness (QED) is 0.907. The minimum absolute atomic E-state index is 0.00480. The summed E-state index contributed by atoms with van der Waals surface area (Å²) in [6, 6.07) is 6.41. The Kier molecular flexibility index (Phi) is 4.17. The molecule has 2 aromatic rings. The summed E-state index contributed by atoms with van der Waals surface area (Å²) in [6.07, 6.45) is 1.59. The van der Waals surface area contributed by atoms with Gasteiger partial charge in [0.05, 0.1) is 17.1 Å². The number of pyridine rings is 1. The van der Waals surface area contributed by atoms with E-state index < -0.39 is 16.0 Å². The molecule has 0 amide bonds. The zero-order valence-electron chi connectivity index (χ0n) is 10.6. The molecule has 0 bridgehead atoms. The first-order valence-electron chi connectivity index (χ1n) is 5.59. The number of hydrogen-bond donors (Lipinski definition) is 1. The molecule has 0 saturated carbocycles. The van der Waals surface area contributed by atoms with Crippen molar-refractivity contribution in [1.82, 2.24) is 9.29 Å². The molecule has 0 aliphatic carbocycles. The standard InChI is InChI=1S/C12H12N2O4S2/c1-14(7-9-4-2-3-5-13-9)20(17,18)10-6-11(12(15)16)19-8-10/h2-6,8H,7H2,1H3,(H,15,16). The van der Waals surface area contributed by atoms with Gasteiger partial charge in [-0.1, -0.05) is 6.07 Å². The number of carbonyl (C=O) groups is 1. The van der Waals surface area contributed by atoms with E-state index >= 15 is 0 Å². The Balaban J connectivity index is 2.23. The molecule has 0 fully saturated rings. The molecule has 0 aliphatic heterocycles. The second-order valence-corrected chi connectivity index (χ2v) is 6.99. The smallest absolute Gasteiger partial charge is 0.345 e. The summed E-state index contributed by atoms with van der Waals surface area (Å²) in [5.41, 5.74) is 0.618. The second-order valence-electron chi connectivity index (χ2n) is 4.03. The topological polar surface area (TPSA) is 87.6 Å². The van der Waals surface area contributed by atoms with Gasteiger partial charge in [0.2, 0.25) is 10.0 Å². The zero-order chi connectivity index (χ0) is 14.8. The third-order valence-corrected chi connectivity index (χ3v) is 5.45. The molecule has 0 atom stereocenters. The summed E-state index contributed by atoms with van der Waals surface area (Å²) in [4.78, 5) is 14.8. The van der Waals surface area contributed by atoms with E-state index in [0.29, 0.717) is 5.69 Å². The van der Waals surface area contributed by atoms with Crippen LogP contribution in [0.25, 0.3) is 0 Å². The summed E-state index contributed by atoms with van der Waals surface area (Å²) < 4.78 is 25.7. The molecular weight excluding hydrogens is 300 g/mol. The highest BCUT2D eigenvalue weighted by Crippen LogP contribution is 2.22. The Labute approximate surface area is 120 Å². The SMILES string of the molecule is CN(Cc1ccccn1)S(=O)(=O)c1csc(C(=O)O)c1. The van der Waals surface area contributed by atoms with Crippen molar-refractivity contribution in [2.24, 2.45) is 0 Å². The maximum atomic E-state index is 12.3. The van der Waals surface area contributed by atoms with Crippen LogP contribution in [0, 0.1) is 0 Å². The summed E-state index contributed by atoms with van der Waals surface area (Å²) in [6.45, 7) is 0.126. The molecule has 6 nitrogen and oxygen atoms in total. The van der Waals surface area contributed by atoms with Gasteiger partial charge in [-0.25, -0.2) is 13.2 Å². The maximum absolute atomic E-state index is 12.3. The van der Waals surface area contributed by atoms with Gasteiger partial charge in [0.25, 0.3) is 0 Å². The molecule has 106 valence electrons. The normalized spacial score (nSPS) is 11.7. The highest BCUT2D eigenvalue weighted by molar-refractivity contribution is 7.89. The number of thiophene rings is 1. The van der Waals surface area contributed by atoms with E-state index in [1.165, 1.54) is 12.4 Å². The summed E-state index contributed by atoms with van der Waals surface area (Å²) >= 11 is 0.887. The molecule has 2 aromatic heterocycles. The number of aromatic carboxylic acids is 1. The molecule has 2 heterocycles. The minimum Gasteiger partial charge on any atom is -0.477 e. The molecule has 0 radical (unpaired) electrons. The second kappa shape index (κ2) is 5.70. The lowest BCUT2D eigenvalue weighted by atomic mass is 10.3. The summed E-state index contributed by atoms with van der Waals surface area (Å²) in [5, 5.41) is 10.2. The average Bonchev–Trinajstić information content (AvgIpc) is 2.90. The number of carboxylic acids is 1. The lowest BCUT2D eigenvalue weighted by molar-refractivity contribution is 0.0702. The number of carboxylic acid groups (broad SMARTS) is 1. The Morgan fingerprint density at radius 1 is 1.45 bits per heavy atom. The third kappa shape index (κ3) is 3.03. The van der Waals surface area contributed by atoms with Gasteiger partial charge in [-0.3, -0.25) is 4.98 Å². The van der Waals surface area contributed by atoms with Crippen LogP contribution in [0.5, 0.6) is 0 Å². The van der Waals surface area contributed by atoms with Crippen LogP contribution < -0.4 is 0 Å². The monoisotopic (exact) mass is 312 g/mol. The Morgan fingerprint density at radius 3 is 2.75 bits per heavy atom. The van der Waals surface area contributed by atoms with Gasteiger partial charge in [0.15, 0.2) is 0 Å². The maximum Gasteiger partial charge on any atom is 0.345 e. The first kappa shape index (κ1) is 14.6. The molecule has 8 heteroatoms. The lowest BCUT2D eigenvalue weighted by Gasteiger charge is -2.15. The van der Waals surface area contributed by atoms with Gasteiger partial charge >= 0.3 is 5.97 Å². The van der Waals surface area contributed by atoms with Crippen molar-refractivity contribution in [2.45, 2.75) is 11.4 Å². The number of rotatable bonds is 5. The molecule has 1 N–H and O–H groups in total. The van der Waals surface area contributed by atoms with Crippen LogP contribution in [-0.4, -0.2) is 35.8 Å². The number of hydrogen-bond acceptors (Lipinski definition) is 5. The molecule has 20 heavy (non-hydrogen) atoms. The van der Waals surface area contributed by atoms with E-state index in [1.807, 2.05) is 0 Å². The van der Waals surface area contributed by atoms with E-state index in [-0.39, 0.29) is 16.3 Å². The summed E-state index contributed by atoms with van der Waals surface area (Å²) in [5.74, 6) is -1.14. The van der Waals surface area contributed by atoms with E-state index in [4.69, 9.17) is 5.11 Å². The molecule has 0 unspecified atom stereocenters. The fraction of sp³-hybridized carbons (Fsp3) is 0.167. The first-order chi connectivity index (χ1) is 9.41. The molecule has 0 spiro atoms. The van der Waals surface area contributed by atoms with Gasteiger partial charge in [0.1, 0.15) is 4.88 Å². The predicted molar refractivity (Wildman–Crippen MR) is 74.2 cm³/mol. The summed E-state index contributed by atoms with van der Waals surface area (Å²) in [7, 11) is -2.28. The van der Waals surface area contributed by atoms with Gasteiger partial charge in [-0.15, -0.1) is 11.3 Å². The van der Waals surface area contributed by atoms with Crippen LogP contribution in [0.1, 0.15) is 15.4 Å². The lowest BCUT2D eigenvalue weighted by Crippen LogP contribution is -2.26. The van der Waals surface area contributed by atoms with Gasteiger partial charge in [-0.2, -0.15) is 4.31 Å². The highest BCUT2D eigenvalue weighted by atomic mass is 32.2. The first-order valence-corrected chi connectivity index (χ1v) is 7.91. The van der Waals surface area contributed by atoms with Crippen molar-refractivity contribution in [3.8, 4) is 0 Å². The Hall–Kier alpha value is -1.77. The highest BCUT2D eigenvalue weighted by Gasteiger charge is 2.23. The van der Waals surface area contributed by atoms with E-state index in [1.54, 1.807) is 24.4 Å². The van der Waals surface area contributed by atoms with Crippen LogP contribution >= 0.6 is 11.3 Å². The van der Waals surface area contributed by atoms with Crippen molar-refractivity contribution < 1.29 is 18.3 Å². The molecule has 0 saturated heterocycles. The van der Waals surface area contributed by atoms with E-state index in [9.17, 15) is 13.2 Å². The number of nitrogens with zero attached hydrogens (tertiary/aromatic N) is 2. The third-order valence-electron chi connectivity index (χ3n) is 2.61. The molecule has 0 aliphatic rings. The van der Waals surface area contributed by atoms with Crippen LogP contribution in [0.3, 0.4) is 0 Å². The Bertz CT molecular complexity index is 710.